The normalized spacial score (nSPS) is 12.1. The van der Waals surface area contributed by atoms with Gasteiger partial charge in [-0.25, -0.2) is 4.98 Å². The fourth-order valence-corrected chi connectivity index (χ4v) is 3.80. The molecule has 1 aromatic heterocycles. The first-order valence-electron chi connectivity index (χ1n) is 11.2. The van der Waals surface area contributed by atoms with Crippen LogP contribution in [0.2, 0.25) is 0 Å². The molecule has 4 rings (SSSR count). The Bertz CT molecular complexity index is 1390. The van der Waals surface area contributed by atoms with Gasteiger partial charge in [-0.3, -0.25) is 14.2 Å². The summed E-state index contributed by atoms with van der Waals surface area (Å²) in [5.74, 6) is 0.846. The van der Waals surface area contributed by atoms with E-state index in [1.807, 2.05) is 86.6 Å². The largest absolute Gasteiger partial charge is 0.492 e. The lowest BCUT2D eigenvalue weighted by molar-refractivity contribution is -0.126. The number of aromatic nitrogens is 2. The Morgan fingerprint density at radius 2 is 1.71 bits per heavy atom. The molecule has 34 heavy (non-hydrogen) atoms. The zero-order valence-electron chi connectivity index (χ0n) is 19.5. The number of amides is 1. The Morgan fingerprint density at radius 1 is 1.03 bits per heavy atom. The van der Waals surface area contributed by atoms with E-state index in [-0.39, 0.29) is 11.5 Å². The second-order valence-electron chi connectivity index (χ2n) is 7.90. The average Bonchev–Trinajstić information content (AvgIpc) is 2.87. The van der Waals surface area contributed by atoms with Gasteiger partial charge in [-0.2, -0.15) is 0 Å². The van der Waals surface area contributed by atoms with Crippen molar-refractivity contribution in [1.82, 2.24) is 14.5 Å². The first kappa shape index (κ1) is 23.0. The first-order valence-corrected chi connectivity index (χ1v) is 11.2. The van der Waals surface area contributed by atoms with Gasteiger partial charge in [0, 0.05) is 13.1 Å². The van der Waals surface area contributed by atoms with Crippen LogP contribution in [-0.2, 0) is 4.79 Å². The molecule has 3 aromatic carbocycles. The third-order valence-corrected chi connectivity index (χ3v) is 5.73. The highest BCUT2D eigenvalue weighted by atomic mass is 16.5. The second-order valence-corrected chi connectivity index (χ2v) is 7.90. The van der Waals surface area contributed by atoms with Gasteiger partial charge in [0.15, 0.2) is 0 Å². The molecule has 0 saturated heterocycles. The number of para-hydroxylation sites is 3. The van der Waals surface area contributed by atoms with E-state index in [1.165, 1.54) is 6.08 Å². The number of fused-ring (bicyclic) bond motifs is 1. The molecule has 0 saturated carbocycles. The van der Waals surface area contributed by atoms with Crippen molar-refractivity contribution >= 4 is 22.9 Å². The Morgan fingerprint density at radius 3 is 2.47 bits per heavy atom. The van der Waals surface area contributed by atoms with Gasteiger partial charge in [0.2, 0.25) is 5.91 Å². The Hall–Kier alpha value is -4.19. The molecule has 0 aliphatic carbocycles. The van der Waals surface area contributed by atoms with Crippen LogP contribution in [0, 0.1) is 0 Å². The van der Waals surface area contributed by atoms with Gasteiger partial charge in [-0.1, -0.05) is 54.6 Å². The van der Waals surface area contributed by atoms with E-state index in [0.717, 1.165) is 5.56 Å². The van der Waals surface area contributed by atoms with Crippen LogP contribution in [0.5, 0.6) is 5.75 Å². The zero-order valence-corrected chi connectivity index (χ0v) is 19.5. The van der Waals surface area contributed by atoms with Crippen molar-refractivity contribution in [3.8, 4) is 11.4 Å². The lowest BCUT2D eigenvalue weighted by Crippen LogP contribution is -2.34. The predicted octanol–water partition coefficient (Wildman–Crippen LogP) is 5.02. The first-order chi connectivity index (χ1) is 16.5. The molecule has 4 aromatic rings. The summed E-state index contributed by atoms with van der Waals surface area (Å²) in [6, 6.07) is 23.7. The molecule has 1 atom stereocenters. The summed E-state index contributed by atoms with van der Waals surface area (Å²) in [5, 5.41) is 0.503. The van der Waals surface area contributed by atoms with Crippen molar-refractivity contribution in [3.05, 3.63) is 107 Å². The Labute approximate surface area is 198 Å². The quantitative estimate of drug-likeness (QED) is 0.369. The van der Waals surface area contributed by atoms with E-state index in [4.69, 9.17) is 9.72 Å². The van der Waals surface area contributed by atoms with Gasteiger partial charge < -0.3 is 9.64 Å². The van der Waals surface area contributed by atoms with Crippen molar-refractivity contribution in [2.75, 3.05) is 13.7 Å². The summed E-state index contributed by atoms with van der Waals surface area (Å²) in [5.41, 5.74) is 1.90. The molecule has 1 unspecified atom stereocenters. The standard InChI is InChI=1S/C28H27N3O3/c1-4-34-25-17-11-10-16-24(25)31-27(29-23-15-9-8-14-22(23)28(31)33)20(2)30(3)26(32)19-18-21-12-6-5-7-13-21/h5-20H,4H2,1-3H3/b19-18+. The Kier molecular flexibility index (Phi) is 6.87. The molecule has 1 heterocycles. The average molecular weight is 454 g/mol. The molecule has 6 nitrogen and oxygen atoms in total. The lowest BCUT2D eigenvalue weighted by Gasteiger charge is -2.26. The summed E-state index contributed by atoms with van der Waals surface area (Å²) in [7, 11) is 1.71. The number of rotatable bonds is 7. The molecule has 0 radical (unpaired) electrons. The summed E-state index contributed by atoms with van der Waals surface area (Å²) in [4.78, 5) is 33.1. The van der Waals surface area contributed by atoms with E-state index >= 15 is 0 Å². The lowest BCUT2D eigenvalue weighted by atomic mass is 10.1. The summed E-state index contributed by atoms with van der Waals surface area (Å²) in [6.45, 7) is 4.22. The molecule has 6 heteroatoms. The topological polar surface area (TPSA) is 64.4 Å². The molecule has 172 valence electrons. The van der Waals surface area contributed by atoms with Crippen molar-refractivity contribution in [1.29, 1.82) is 0 Å². The number of benzene rings is 3. The highest BCUT2D eigenvalue weighted by molar-refractivity contribution is 5.91. The van der Waals surface area contributed by atoms with Crippen molar-refractivity contribution in [2.24, 2.45) is 0 Å². The van der Waals surface area contributed by atoms with Crippen molar-refractivity contribution in [2.45, 2.75) is 19.9 Å². The number of hydrogen-bond donors (Lipinski definition) is 0. The SMILES string of the molecule is CCOc1ccccc1-n1c(C(C)N(C)C(=O)/C=C/c2ccccc2)nc2ccccc2c1=O. The monoisotopic (exact) mass is 453 g/mol. The van der Waals surface area contributed by atoms with Crippen LogP contribution in [0.15, 0.2) is 89.7 Å². The molecule has 0 aliphatic rings. The third kappa shape index (κ3) is 4.62. The minimum atomic E-state index is -0.486. The molecule has 0 bridgehead atoms. The van der Waals surface area contributed by atoms with Crippen LogP contribution in [0.25, 0.3) is 22.7 Å². The van der Waals surface area contributed by atoms with E-state index in [1.54, 1.807) is 28.7 Å². The van der Waals surface area contributed by atoms with Crippen molar-refractivity contribution in [3.63, 3.8) is 0 Å². The number of nitrogens with zero attached hydrogens (tertiary/aromatic N) is 3. The van der Waals surface area contributed by atoms with Crippen LogP contribution >= 0.6 is 0 Å². The summed E-state index contributed by atoms with van der Waals surface area (Å²) in [6.07, 6.45) is 3.31. The predicted molar refractivity (Wildman–Crippen MR) is 135 cm³/mol. The van der Waals surface area contributed by atoms with Gasteiger partial charge in [-0.15, -0.1) is 0 Å². The third-order valence-electron chi connectivity index (χ3n) is 5.73. The van der Waals surface area contributed by atoms with E-state index in [9.17, 15) is 9.59 Å². The maximum absolute atomic E-state index is 13.7. The van der Waals surface area contributed by atoms with E-state index < -0.39 is 6.04 Å². The van der Waals surface area contributed by atoms with Crippen LogP contribution in [0.3, 0.4) is 0 Å². The highest BCUT2D eigenvalue weighted by Crippen LogP contribution is 2.27. The van der Waals surface area contributed by atoms with E-state index in [2.05, 4.69) is 0 Å². The van der Waals surface area contributed by atoms with Gasteiger partial charge in [-0.05, 0) is 49.8 Å². The molecule has 0 aliphatic heterocycles. The highest BCUT2D eigenvalue weighted by Gasteiger charge is 2.24. The Balaban J connectivity index is 1.81. The minimum absolute atomic E-state index is 0.191. The van der Waals surface area contributed by atoms with Gasteiger partial charge in [0.1, 0.15) is 11.6 Å². The fourth-order valence-electron chi connectivity index (χ4n) is 3.80. The number of ether oxygens (including phenoxy) is 1. The van der Waals surface area contributed by atoms with Gasteiger partial charge >= 0.3 is 0 Å². The number of carbonyl (C=O) groups is 1. The van der Waals surface area contributed by atoms with Crippen molar-refractivity contribution < 1.29 is 9.53 Å². The summed E-state index contributed by atoms with van der Waals surface area (Å²) >= 11 is 0. The smallest absolute Gasteiger partial charge is 0.266 e. The zero-order chi connectivity index (χ0) is 24.1. The van der Waals surface area contributed by atoms with Crippen LogP contribution in [-0.4, -0.2) is 34.0 Å². The molecule has 0 N–H and O–H groups in total. The maximum atomic E-state index is 13.7. The second kappa shape index (κ2) is 10.2. The number of hydrogen-bond acceptors (Lipinski definition) is 4. The number of likely N-dealkylation sites (N-methyl/N-ethyl adjacent to an activating group) is 1. The van der Waals surface area contributed by atoms with Crippen LogP contribution < -0.4 is 10.3 Å². The van der Waals surface area contributed by atoms with Crippen LogP contribution in [0.1, 0.15) is 31.3 Å². The fraction of sp³-hybridized carbons (Fsp3) is 0.179. The maximum Gasteiger partial charge on any atom is 0.266 e. The summed E-state index contributed by atoms with van der Waals surface area (Å²) < 4.78 is 7.37. The minimum Gasteiger partial charge on any atom is -0.492 e. The molecular formula is C28H27N3O3. The van der Waals surface area contributed by atoms with Crippen LogP contribution in [0.4, 0.5) is 0 Å². The molecule has 0 spiro atoms. The molecular weight excluding hydrogens is 426 g/mol. The number of carbonyl (C=O) groups excluding carboxylic acids is 1. The molecule has 1 amide bonds. The van der Waals surface area contributed by atoms with E-state index in [0.29, 0.717) is 34.8 Å². The molecule has 0 fully saturated rings. The van der Waals surface area contributed by atoms with Gasteiger partial charge in [0.05, 0.1) is 29.2 Å². The van der Waals surface area contributed by atoms with Gasteiger partial charge in [0.25, 0.3) is 5.56 Å².